The molecular formula is C25H18Br2Cl2N4O4. The minimum atomic E-state index is -0.546. The molecule has 0 saturated heterocycles. The van der Waals surface area contributed by atoms with Crippen molar-refractivity contribution in [1.29, 1.82) is 0 Å². The van der Waals surface area contributed by atoms with Crippen molar-refractivity contribution in [3.8, 4) is 5.75 Å². The van der Waals surface area contributed by atoms with Crippen LogP contribution in [0.2, 0.25) is 10.0 Å². The number of nitrogens with zero attached hydrogens (tertiary/aromatic N) is 4. The van der Waals surface area contributed by atoms with Gasteiger partial charge in [-0.25, -0.2) is 4.98 Å². The highest BCUT2D eigenvalue weighted by atomic mass is 79.9. The van der Waals surface area contributed by atoms with E-state index < -0.39 is 4.92 Å². The van der Waals surface area contributed by atoms with Gasteiger partial charge in [-0.1, -0.05) is 52.1 Å². The first-order valence-corrected chi connectivity index (χ1v) is 13.3. The number of hydrogen-bond donors (Lipinski definition) is 0. The van der Waals surface area contributed by atoms with E-state index in [-0.39, 0.29) is 23.6 Å². The summed E-state index contributed by atoms with van der Waals surface area (Å²) in [5.74, 6) is 0.544. The van der Waals surface area contributed by atoms with Crippen LogP contribution in [0, 0.1) is 10.1 Å². The van der Waals surface area contributed by atoms with Gasteiger partial charge >= 0.3 is 5.69 Å². The van der Waals surface area contributed by atoms with E-state index in [0.717, 1.165) is 10.9 Å². The van der Waals surface area contributed by atoms with E-state index in [1.807, 2.05) is 13.0 Å². The van der Waals surface area contributed by atoms with Crippen LogP contribution < -0.4 is 10.3 Å². The van der Waals surface area contributed by atoms with Crippen LogP contribution in [0.5, 0.6) is 5.75 Å². The van der Waals surface area contributed by atoms with Crippen LogP contribution in [-0.2, 0) is 13.0 Å². The number of ether oxygens (including phenoxy) is 1. The molecule has 4 aromatic rings. The van der Waals surface area contributed by atoms with E-state index in [9.17, 15) is 14.9 Å². The van der Waals surface area contributed by atoms with Crippen molar-refractivity contribution >= 4 is 77.9 Å². The Morgan fingerprint density at radius 2 is 1.92 bits per heavy atom. The van der Waals surface area contributed by atoms with Crippen molar-refractivity contribution in [2.45, 2.75) is 26.4 Å². The molecule has 1 aromatic heterocycles. The molecule has 0 atom stereocenters. The maximum Gasteiger partial charge on any atom is 0.312 e. The monoisotopic (exact) mass is 666 g/mol. The Morgan fingerprint density at radius 3 is 2.62 bits per heavy atom. The fourth-order valence-electron chi connectivity index (χ4n) is 3.56. The molecular weight excluding hydrogens is 651 g/mol. The number of aromatic nitrogens is 2. The summed E-state index contributed by atoms with van der Waals surface area (Å²) < 4.78 is 8.08. The van der Waals surface area contributed by atoms with Crippen LogP contribution in [0.1, 0.15) is 30.3 Å². The summed E-state index contributed by atoms with van der Waals surface area (Å²) in [6.45, 7) is 2.01. The summed E-state index contributed by atoms with van der Waals surface area (Å²) in [6.07, 6.45) is 2.67. The van der Waals surface area contributed by atoms with E-state index in [2.05, 4.69) is 41.9 Å². The Bertz CT molecular complexity index is 1610. The lowest BCUT2D eigenvalue weighted by Gasteiger charge is -2.11. The number of nitro benzene ring substituents is 1. The molecule has 0 N–H and O–H groups in total. The predicted octanol–water partition coefficient (Wildman–Crippen LogP) is 7.55. The summed E-state index contributed by atoms with van der Waals surface area (Å²) in [4.78, 5) is 29.1. The Hall–Kier alpha value is -2.79. The van der Waals surface area contributed by atoms with Gasteiger partial charge in [0, 0.05) is 22.5 Å². The number of aryl methyl sites for hydroxylation is 1. The molecule has 0 spiro atoms. The molecule has 0 fully saturated rings. The molecule has 0 unspecified atom stereocenters. The normalized spacial score (nSPS) is 11.4. The van der Waals surface area contributed by atoms with Gasteiger partial charge in [-0.05, 0) is 64.3 Å². The van der Waals surface area contributed by atoms with E-state index in [0.29, 0.717) is 48.8 Å². The average Bonchev–Trinajstić information content (AvgIpc) is 2.85. The van der Waals surface area contributed by atoms with E-state index in [1.165, 1.54) is 17.0 Å². The predicted molar refractivity (Wildman–Crippen MR) is 152 cm³/mol. The van der Waals surface area contributed by atoms with Gasteiger partial charge in [-0.15, -0.1) is 0 Å². The highest BCUT2D eigenvalue weighted by Crippen LogP contribution is 2.37. The average molecular weight is 669 g/mol. The van der Waals surface area contributed by atoms with Gasteiger partial charge in [0.1, 0.15) is 12.4 Å². The Labute approximate surface area is 238 Å². The standard InChI is InChI=1S/C25H18Br2Cl2N4O4/c1-2-3-23-31-21-7-5-16(26)11-17(21)25(34)32(23)30-12-15-8-18(27)24(22(10-15)33(35)36)37-13-14-4-6-19(28)20(29)9-14/h4-12H,2-3,13H2,1H3. The zero-order chi connectivity index (χ0) is 26.7. The molecule has 8 nitrogen and oxygen atoms in total. The number of halogens is 4. The molecule has 0 aliphatic carbocycles. The molecule has 0 bridgehead atoms. The molecule has 0 saturated carbocycles. The Balaban J connectivity index is 1.70. The van der Waals surface area contributed by atoms with Crippen molar-refractivity contribution in [1.82, 2.24) is 9.66 Å². The van der Waals surface area contributed by atoms with Crippen LogP contribution in [0.4, 0.5) is 5.69 Å². The highest BCUT2D eigenvalue weighted by Gasteiger charge is 2.21. The number of hydrogen-bond acceptors (Lipinski definition) is 6. The summed E-state index contributed by atoms with van der Waals surface area (Å²) in [6, 6.07) is 13.2. The summed E-state index contributed by atoms with van der Waals surface area (Å²) in [7, 11) is 0. The second-order valence-corrected chi connectivity index (χ2v) is 10.5. The van der Waals surface area contributed by atoms with Crippen LogP contribution in [0.15, 0.2) is 67.4 Å². The van der Waals surface area contributed by atoms with Crippen LogP contribution in [0.25, 0.3) is 10.9 Å². The van der Waals surface area contributed by atoms with Gasteiger partial charge in [0.15, 0.2) is 0 Å². The van der Waals surface area contributed by atoms with Crippen molar-refractivity contribution in [2.75, 3.05) is 0 Å². The van der Waals surface area contributed by atoms with Gasteiger partial charge < -0.3 is 4.74 Å². The van der Waals surface area contributed by atoms with E-state index in [4.69, 9.17) is 27.9 Å². The molecule has 12 heteroatoms. The maximum absolute atomic E-state index is 13.2. The quantitative estimate of drug-likeness (QED) is 0.110. The summed E-state index contributed by atoms with van der Waals surface area (Å²) >= 11 is 18.7. The molecule has 37 heavy (non-hydrogen) atoms. The van der Waals surface area contributed by atoms with Crippen molar-refractivity contribution in [2.24, 2.45) is 5.10 Å². The molecule has 4 rings (SSSR count). The number of nitro groups is 1. The van der Waals surface area contributed by atoms with Crippen LogP contribution in [0.3, 0.4) is 0 Å². The van der Waals surface area contributed by atoms with Crippen molar-refractivity contribution < 1.29 is 9.66 Å². The van der Waals surface area contributed by atoms with E-state index >= 15 is 0 Å². The molecule has 0 radical (unpaired) electrons. The third-order valence-electron chi connectivity index (χ3n) is 5.28. The highest BCUT2D eigenvalue weighted by molar-refractivity contribution is 9.10. The van der Waals surface area contributed by atoms with Crippen molar-refractivity contribution in [3.05, 3.63) is 105 Å². The van der Waals surface area contributed by atoms with Gasteiger partial charge in [0.2, 0.25) is 5.75 Å². The summed E-state index contributed by atoms with van der Waals surface area (Å²) in [5, 5.41) is 17.3. The number of rotatable bonds is 8. The van der Waals surface area contributed by atoms with Gasteiger partial charge in [-0.3, -0.25) is 14.9 Å². The minimum absolute atomic E-state index is 0.0395. The lowest BCUT2D eigenvalue weighted by Crippen LogP contribution is -2.22. The molecule has 3 aromatic carbocycles. The van der Waals surface area contributed by atoms with Crippen LogP contribution in [-0.4, -0.2) is 20.8 Å². The fraction of sp³-hybridized carbons (Fsp3) is 0.160. The number of fused-ring (bicyclic) bond motifs is 1. The van der Waals surface area contributed by atoms with Crippen LogP contribution >= 0.6 is 55.1 Å². The number of benzene rings is 3. The van der Waals surface area contributed by atoms with E-state index in [1.54, 1.807) is 36.4 Å². The Kier molecular flexibility index (Phi) is 8.63. The van der Waals surface area contributed by atoms with Gasteiger partial charge in [0.05, 0.1) is 36.6 Å². The smallest absolute Gasteiger partial charge is 0.312 e. The first-order chi connectivity index (χ1) is 17.7. The topological polar surface area (TPSA) is 99.6 Å². The summed E-state index contributed by atoms with van der Waals surface area (Å²) in [5.41, 5.74) is 1.06. The minimum Gasteiger partial charge on any atom is -0.481 e. The zero-order valence-corrected chi connectivity index (χ0v) is 23.9. The Morgan fingerprint density at radius 1 is 1.14 bits per heavy atom. The van der Waals surface area contributed by atoms with Gasteiger partial charge in [0.25, 0.3) is 5.56 Å². The SMILES string of the molecule is CCCc1nc2ccc(Br)cc2c(=O)n1N=Cc1cc(Br)c(OCc2ccc(Cl)c(Cl)c2)c([N+](=O)[O-])c1. The fourth-order valence-corrected chi connectivity index (χ4v) is 4.82. The largest absolute Gasteiger partial charge is 0.481 e. The molecule has 0 amide bonds. The second-order valence-electron chi connectivity index (χ2n) is 7.95. The third kappa shape index (κ3) is 6.20. The molecule has 190 valence electrons. The first-order valence-electron chi connectivity index (χ1n) is 11.0. The molecule has 1 heterocycles. The molecule has 0 aliphatic heterocycles. The van der Waals surface area contributed by atoms with Gasteiger partial charge in [-0.2, -0.15) is 9.78 Å². The second kappa shape index (κ2) is 11.7. The maximum atomic E-state index is 13.2. The zero-order valence-electron chi connectivity index (χ0n) is 19.3. The first kappa shape index (κ1) is 27.3. The third-order valence-corrected chi connectivity index (χ3v) is 7.10. The van der Waals surface area contributed by atoms with Crippen molar-refractivity contribution in [3.63, 3.8) is 0 Å². The molecule has 0 aliphatic rings. The lowest BCUT2D eigenvalue weighted by atomic mass is 10.2. The lowest BCUT2D eigenvalue weighted by molar-refractivity contribution is -0.386.